The normalized spacial score (nSPS) is 21.2. The van der Waals surface area contributed by atoms with Crippen LogP contribution in [-0.2, 0) is 4.79 Å². The van der Waals surface area contributed by atoms with Gasteiger partial charge in [0.1, 0.15) is 0 Å². The molecule has 3 N–H and O–H groups in total. The Kier molecular flexibility index (Phi) is 2.40. The van der Waals surface area contributed by atoms with E-state index in [4.69, 9.17) is 10.8 Å². The van der Waals surface area contributed by atoms with Gasteiger partial charge in [0.15, 0.2) is 5.67 Å². The molecular weight excluding hydrogens is 179 g/mol. The van der Waals surface area contributed by atoms with Gasteiger partial charge in [-0.15, -0.1) is 0 Å². The predicted molar refractivity (Wildman–Crippen MR) is 41.9 cm³/mol. The van der Waals surface area contributed by atoms with Crippen molar-refractivity contribution in [3.63, 3.8) is 0 Å². The molecule has 0 aromatic heterocycles. The molecule has 0 atom stereocenters. The summed E-state index contributed by atoms with van der Waals surface area (Å²) in [5.74, 6) is -1.00. The highest BCUT2D eigenvalue weighted by Crippen LogP contribution is 2.25. The molecule has 2 amide bonds. The number of carbonyl (C=O) groups excluding carboxylic acids is 1. The minimum Gasteiger partial charge on any atom is -0.465 e. The van der Waals surface area contributed by atoms with Gasteiger partial charge in [-0.1, -0.05) is 0 Å². The number of hydrogen-bond donors (Lipinski definition) is 2. The summed E-state index contributed by atoms with van der Waals surface area (Å²) in [7, 11) is 0. The highest BCUT2D eigenvalue weighted by Gasteiger charge is 2.41. The van der Waals surface area contributed by atoms with Crippen molar-refractivity contribution in [2.24, 2.45) is 5.73 Å². The second kappa shape index (κ2) is 3.20. The Morgan fingerprint density at radius 2 is 1.85 bits per heavy atom. The second-order valence-corrected chi connectivity index (χ2v) is 3.10. The first kappa shape index (κ1) is 9.76. The minimum absolute atomic E-state index is 0.0226. The number of hydrogen-bond acceptors (Lipinski definition) is 2. The van der Waals surface area contributed by atoms with Crippen molar-refractivity contribution in [1.82, 2.24) is 4.90 Å². The number of rotatable bonds is 1. The number of primary amides is 1. The molecule has 0 saturated carbocycles. The maximum atomic E-state index is 13.4. The summed E-state index contributed by atoms with van der Waals surface area (Å²) in [6.07, 6.45) is -1.38. The van der Waals surface area contributed by atoms with Crippen LogP contribution in [0.2, 0.25) is 0 Å². The molecule has 1 saturated heterocycles. The van der Waals surface area contributed by atoms with Crippen LogP contribution < -0.4 is 5.73 Å². The Bertz CT molecular complexity index is 236. The Balaban J connectivity index is 2.56. The van der Waals surface area contributed by atoms with Crippen molar-refractivity contribution in [3.8, 4) is 0 Å². The molecule has 5 nitrogen and oxygen atoms in total. The van der Waals surface area contributed by atoms with Gasteiger partial charge in [0.2, 0.25) is 0 Å². The minimum atomic E-state index is -2.02. The molecule has 0 aromatic carbocycles. The van der Waals surface area contributed by atoms with Crippen LogP contribution in [0.5, 0.6) is 0 Å². The van der Waals surface area contributed by atoms with Gasteiger partial charge in [-0.3, -0.25) is 4.79 Å². The van der Waals surface area contributed by atoms with Crippen LogP contribution in [-0.4, -0.2) is 40.8 Å². The molecule has 1 aliphatic rings. The number of nitrogens with zero attached hydrogens (tertiary/aromatic N) is 1. The molecule has 0 radical (unpaired) electrons. The summed E-state index contributed by atoms with van der Waals surface area (Å²) >= 11 is 0. The number of likely N-dealkylation sites (tertiary alicyclic amines) is 1. The maximum Gasteiger partial charge on any atom is 0.407 e. The van der Waals surface area contributed by atoms with Crippen molar-refractivity contribution < 1.29 is 19.1 Å². The number of halogens is 1. The van der Waals surface area contributed by atoms with Crippen LogP contribution in [0.15, 0.2) is 0 Å². The molecule has 1 rings (SSSR count). The van der Waals surface area contributed by atoms with Gasteiger partial charge >= 0.3 is 6.09 Å². The quantitative estimate of drug-likeness (QED) is 0.608. The molecule has 13 heavy (non-hydrogen) atoms. The van der Waals surface area contributed by atoms with E-state index in [9.17, 15) is 14.0 Å². The summed E-state index contributed by atoms with van der Waals surface area (Å²) < 4.78 is 13.4. The van der Waals surface area contributed by atoms with E-state index in [1.807, 2.05) is 0 Å². The zero-order valence-electron chi connectivity index (χ0n) is 6.99. The van der Waals surface area contributed by atoms with E-state index < -0.39 is 17.7 Å². The SMILES string of the molecule is NC(=O)C1(F)CCN(C(=O)O)CC1. The molecule has 74 valence electrons. The van der Waals surface area contributed by atoms with E-state index in [-0.39, 0.29) is 25.9 Å². The van der Waals surface area contributed by atoms with Crippen molar-refractivity contribution in [2.45, 2.75) is 18.5 Å². The lowest BCUT2D eigenvalue weighted by atomic mass is 9.93. The largest absolute Gasteiger partial charge is 0.465 e. The number of nitrogens with two attached hydrogens (primary N) is 1. The monoisotopic (exact) mass is 190 g/mol. The highest BCUT2D eigenvalue weighted by molar-refractivity contribution is 5.83. The Morgan fingerprint density at radius 1 is 1.38 bits per heavy atom. The van der Waals surface area contributed by atoms with Gasteiger partial charge in [0, 0.05) is 25.9 Å². The summed E-state index contributed by atoms with van der Waals surface area (Å²) in [5, 5.41) is 8.53. The van der Waals surface area contributed by atoms with Crippen LogP contribution in [0.4, 0.5) is 9.18 Å². The average Bonchev–Trinajstić information content (AvgIpc) is 2.04. The van der Waals surface area contributed by atoms with E-state index in [1.54, 1.807) is 0 Å². The lowest BCUT2D eigenvalue weighted by molar-refractivity contribution is -0.132. The average molecular weight is 190 g/mol. The third-order valence-electron chi connectivity index (χ3n) is 2.27. The summed E-state index contributed by atoms with van der Waals surface area (Å²) in [6.45, 7) is 0.0452. The van der Waals surface area contributed by atoms with Gasteiger partial charge < -0.3 is 15.7 Å². The van der Waals surface area contributed by atoms with Gasteiger partial charge in [-0.25, -0.2) is 9.18 Å². The molecule has 1 fully saturated rings. The third-order valence-corrected chi connectivity index (χ3v) is 2.27. The van der Waals surface area contributed by atoms with E-state index in [0.29, 0.717) is 0 Å². The Morgan fingerprint density at radius 3 is 2.15 bits per heavy atom. The second-order valence-electron chi connectivity index (χ2n) is 3.10. The Hall–Kier alpha value is -1.33. The fraction of sp³-hybridized carbons (Fsp3) is 0.714. The molecule has 0 bridgehead atoms. The lowest BCUT2D eigenvalue weighted by Crippen LogP contribution is -2.50. The fourth-order valence-corrected chi connectivity index (χ4v) is 1.30. The van der Waals surface area contributed by atoms with Crippen molar-refractivity contribution >= 4 is 12.0 Å². The van der Waals surface area contributed by atoms with Crippen molar-refractivity contribution in [2.75, 3.05) is 13.1 Å². The van der Waals surface area contributed by atoms with Crippen LogP contribution in [0.1, 0.15) is 12.8 Å². The molecule has 1 aliphatic heterocycles. The zero-order valence-corrected chi connectivity index (χ0v) is 6.99. The summed E-state index contributed by atoms with van der Waals surface area (Å²) in [4.78, 5) is 22.1. The topological polar surface area (TPSA) is 83.6 Å². The highest BCUT2D eigenvalue weighted by atomic mass is 19.1. The molecular formula is C7H11FN2O3. The molecule has 0 aromatic rings. The van der Waals surface area contributed by atoms with Crippen LogP contribution in [0.3, 0.4) is 0 Å². The number of carboxylic acid groups (broad SMARTS) is 1. The standard InChI is InChI=1S/C7H11FN2O3/c8-7(5(9)11)1-3-10(4-2-7)6(12)13/h1-4H2,(H2,9,11)(H,12,13). The van der Waals surface area contributed by atoms with Crippen LogP contribution in [0.25, 0.3) is 0 Å². The molecule has 1 heterocycles. The molecule has 0 unspecified atom stereocenters. The smallest absolute Gasteiger partial charge is 0.407 e. The predicted octanol–water partition coefficient (Wildman–Crippen LogP) is -0.0462. The lowest BCUT2D eigenvalue weighted by Gasteiger charge is -2.32. The molecule has 6 heteroatoms. The maximum absolute atomic E-state index is 13.4. The van der Waals surface area contributed by atoms with E-state index >= 15 is 0 Å². The number of alkyl halides is 1. The van der Waals surface area contributed by atoms with E-state index in [1.165, 1.54) is 0 Å². The Labute approximate surface area is 74.3 Å². The third kappa shape index (κ3) is 1.88. The first-order chi connectivity index (χ1) is 5.96. The number of amides is 2. The first-order valence-electron chi connectivity index (χ1n) is 3.92. The molecule has 0 aliphatic carbocycles. The van der Waals surface area contributed by atoms with Crippen molar-refractivity contribution in [1.29, 1.82) is 0 Å². The van der Waals surface area contributed by atoms with Gasteiger partial charge in [-0.05, 0) is 0 Å². The van der Waals surface area contributed by atoms with Crippen molar-refractivity contribution in [3.05, 3.63) is 0 Å². The fourth-order valence-electron chi connectivity index (χ4n) is 1.30. The summed E-state index contributed by atoms with van der Waals surface area (Å²) in [5.41, 5.74) is 2.82. The summed E-state index contributed by atoms with van der Waals surface area (Å²) in [6, 6.07) is 0. The van der Waals surface area contributed by atoms with Gasteiger partial charge in [0.05, 0.1) is 0 Å². The number of piperidine rings is 1. The van der Waals surface area contributed by atoms with Gasteiger partial charge in [0.25, 0.3) is 5.91 Å². The van der Waals surface area contributed by atoms with E-state index in [0.717, 1.165) is 4.90 Å². The number of carbonyl (C=O) groups is 2. The van der Waals surface area contributed by atoms with E-state index in [2.05, 4.69) is 0 Å². The zero-order chi connectivity index (χ0) is 10.1. The van der Waals surface area contributed by atoms with Gasteiger partial charge in [-0.2, -0.15) is 0 Å². The van der Waals surface area contributed by atoms with Crippen LogP contribution in [0, 0.1) is 0 Å². The van der Waals surface area contributed by atoms with Crippen LogP contribution >= 0.6 is 0 Å². The molecule has 0 spiro atoms. The first-order valence-corrected chi connectivity index (χ1v) is 3.92.